The van der Waals surface area contributed by atoms with Gasteiger partial charge in [-0.1, -0.05) is 6.07 Å². The van der Waals surface area contributed by atoms with E-state index >= 15 is 0 Å². The number of methoxy groups -OCH3 is 1. The lowest BCUT2D eigenvalue weighted by Crippen LogP contribution is -2.43. The van der Waals surface area contributed by atoms with Crippen LogP contribution in [0, 0.1) is 0 Å². The Hall–Kier alpha value is -1.09. The van der Waals surface area contributed by atoms with Gasteiger partial charge < -0.3 is 20.3 Å². The molecule has 22 heavy (non-hydrogen) atoms. The normalized spacial score (nSPS) is 12.3. The first-order valence-electron chi connectivity index (χ1n) is 7.23. The van der Waals surface area contributed by atoms with Crippen LogP contribution in [-0.4, -0.2) is 51.3 Å². The number of pyridine rings is 1. The van der Waals surface area contributed by atoms with Gasteiger partial charge in [0.05, 0.1) is 18.8 Å². The third kappa shape index (κ3) is 7.79. The van der Waals surface area contributed by atoms with Crippen LogP contribution >= 0.6 is 24.0 Å². The number of halogens is 1. The molecule has 0 spiro atoms. The van der Waals surface area contributed by atoms with Crippen LogP contribution in [-0.2, 0) is 11.3 Å². The summed E-state index contributed by atoms with van der Waals surface area (Å²) in [6.07, 6.45) is 0. The van der Waals surface area contributed by atoms with Gasteiger partial charge in [-0.05, 0) is 26.0 Å². The van der Waals surface area contributed by atoms with Gasteiger partial charge in [0.15, 0.2) is 5.96 Å². The van der Waals surface area contributed by atoms with Crippen molar-refractivity contribution in [2.75, 3.05) is 39.3 Å². The lowest BCUT2D eigenvalue weighted by molar-refractivity contribution is 0.179. The van der Waals surface area contributed by atoms with E-state index in [2.05, 4.69) is 27.5 Å². The Morgan fingerprint density at radius 1 is 1.41 bits per heavy atom. The fourth-order valence-corrected chi connectivity index (χ4v) is 1.81. The van der Waals surface area contributed by atoms with Crippen molar-refractivity contribution in [3.8, 4) is 0 Å². The Morgan fingerprint density at radius 3 is 2.73 bits per heavy atom. The third-order valence-corrected chi connectivity index (χ3v) is 2.79. The first-order chi connectivity index (χ1) is 10.1. The predicted molar refractivity (Wildman–Crippen MR) is 103 cm³/mol. The zero-order valence-corrected chi connectivity index (χ0v) is 16.4. The van der Waals surface area contributed by atoms with E-state index in [1.54, 1.807) is 7.11 Å². The van der Waals surface area contributed by atoms with E-state index in [0.717, 1.165) is 24.0 Å². The molecular formula is C15H28IN5O. The average molecular weight is 421 g/mol. The Kier molecular flexibility index (Phi) is 10.9. The second-order valence-corrected chi connectivity index (χ2v) is 5.08. The van der Waals surface area contributed by atoms with E-state index in [0.29, 0.717) is 13.2 Å². The number of anilines is 1. The zero-order chi connectivity index (χ0) is 15.7. The van der Waals surface area contributed by atoms with Gasteiger partial charge in [-0.3, -0.25) is 0 Å². The van der Waals surface area contributed by atoms with Crippen LogP contribution in [0.5, 0.6) is 0 Å². The average Bonchev–Trinajstić information content (AvgIpc) is 2.45. The van der Waals surface area contributed by atoms with Gasteiger partial charge in [0.2, 0.25) is 0 Å². The monoisotopic (exact) mass is 421 g/mol. The first kappa shape index (κ1) is 20.9. The van der Waals surface area contributed by atoms with Gasteiger partial charge in [0.25, 0.3) is 0 Å². The molecule has 0 saturated heterocycles. The largest absolute Gasteiger partial charge is 0.383 e. The van der Waals surface area contributed by atoms with Crippen molar-refractivity contribution in [1.82, 2.24) is 15.6 Å². The maximum absolute atomic E-state index is 5.12. The topological polar surface area (TPSA) is 61.8 Å². The van der Waals surface area contributed by atoms with Crippen molar-refractivity contribution >= 4 is 35.8 Å². The number of hydrogen-bond donors (Lipinski definition) is 2. The molecule has 1 atom stereocenters. The van der Waals surface area contributed by atoms with Gasteiger partial charge in [0.1, 0.15) is 5.82 Å². The Balaban J connectivity index is 0.00000441. The summed E-state index contributed by atoms with van der Waals surface area (Å²) >= 11 is 0. The van der Waals surface area contributed by atoms with Crippen LogP contribution in [0.2, 0.25) is 0 Å². The maximum atomic E-state index is 5.12. The first-order valence-corrected chi connectivity index (χ1v) is 7.23. The molecule has 0 aromatic carbocycles. The molecule has 1 aromatic heterocycles. The molecule has 2 N–H and O–H groups in total. The number of guanidine groups is 1. The smallest absolute Gasteiger partial charge is 0.191 e. The van der Waals surface area contributed by atoms with Crippen LogP contribution in [0.4, 0.5) is 5.82 Å². The van der Waals surface area contributed by atoms with Crippen molar-refractivity contribution in [1.29, 1.82) is 0 Å². The fourth-order valence-electron chi connectivity index (χ4n) is 1.81. The number of nitrogens with one attached hydrogen (secondary N) is 2. The molecule has 1 heterocycles. The van der Waals surface area contributed by atoms with Gasteiger partial charge in [0, 0.05) is 33.8 Å². The summed E-state index contributed by atoms with van der Waals surface area (Å²) in [5.74, 6) is 1.72. The highest BCUT2D eigenvalue weighted by molar-refractivity contribution is 14.0. The van der Waals surface area contributed by atoms with E-state index < -0.39 is 0 Å². The van der Waals surface area contributed by atoms with Crippen LogP contribution < -0.4 is 15.5 Å². The van der Waals surface area contributed by atoms with Gasteiger partial charge in [-0.15, -0.1) is 24.0 Å². The number of aromatic nitrogens is 1. The Bertz CT molecular complexity index is 453. The minimum absolute atomic E-state index is 0. The zero-order valence-electron chi connectivity index (χ0n) is 14.1. The van der Waals surface area contributed by atoms with Gasteiger partial charge >= 0.3 is 0 Å². The number of ether oxygens (including phenoxy) is 1. The molecule has 0 aliphatic heterocycles. The summed E-state index contributed by atoms with van der Waals surface area (Å²) in [5.41, 5.74) is 0.942. The van der Waals surface area contributed by atoms with Crippen LogP contribution in [0.15, 0.2) is 23.2 Å². The lowest BCUT2D eigenvalue weighted by atomic mass is 10.3. The molecule has 0 amide bonds. The van der Waals surface area contributed by atoms with Crippen molar-refractivity contribution in [3.63, 3.8) is 0 Å². The fraction of sp³-hybridized carbons (Fsp3) is 0.600. The van der Waals surface area contributed by atoms with E-state index in [4.69, 9.17) is 4.74 Å². The lowest BCUT2D eigenvalue weighted by Gasteiger charge is -2.17. The Morgan fingerprint density at radius 2 is 2.14 bits per heavy atom. The molecule has 0 fully saturated rings. The van der Waals surface area contributed by atoms with E-state index in [1.807, 2.05) is 44.1 Å². The molecule has 0 aliphatic rings. The molecule has 0 saturated carbocycles. The number of aliphatic imine (C=N–C) groups is 1. The number of nitrogens with zero attached hydrogens (tertiary/aromatic N) is 3. The SMILES string of the molecule is CCNC(=NCc1cccc(N(C)C)n1)NC(C)COC.I. The molecule has 1 unspecified atom stereocenters. The van der Waals surface area contributed by atoms with Crippen LogP contribution in [0.25, 0.3) is 0 Å². The molecule has 6 nitrogen and oxygen atoms in total. The third-order valence-electron chi connectivity index (χ3n) is 2.79. The van der Waals surface area contributed by atoms with E-state index in [1.165, 1.54) is 0 Å². The summed E-state index contributed by atoms with van der Waals surface area (Å²) < 4.78 is 5.12. The van der Waals surface area contributed by atoms with Crippen molar-refractivity contribution in [3.05, 3.63) is 23.9 Å². The Labute approximate surface area is 150 Å². The molecule has 0 aliphatic carbocycles. The highest BCUT2D eigenvalue weighted by atomic mass is 127. The maximum Gasteiger partial charge on any atom is 0.191 e. The minimum atomic E-state index is 0. The summed E-state index contributed by atoms with van der Waals surface area (Å²) in [5, 5.41) is 6.53. The van der Waals surface area contributed by atoms with Gasteiger partial charge in [-0.2, -0.15) is 0 Å². The van der Waals surface area contributed by atoms with Crippen LogP contribution in [0.3, 0.4) is 0 Å². The van der Waals surface area contributed by atoms with Crippen molar-refractivity contribution < 1.29 is 4.74 Å². The highest BCUT2D eigenvalue weighted by Crippen LogP contribution is 2.08. The molecule has 7 heteroatoms. The summed E-state index contributed by atoms with van der Waals surface area (Å²) in [6, 6.07) is 6.17. The predicted octanol–water partition coefficient (Wildman–Crippen LogP) is 1.86. The molecule has 126 valence electrons. The minimum Gasteiger partial charge on any atom is -0.383 e. The summed E-state index contributed by atoms with van der Waals surface area (Å²) in [6.45, 7) is 6.09. The quantitative estimate of drug-likeness (QED) is 0.400. The second kappa shape index (κ2) is 11.5. The van der Waals surface area contributed by atoms with Gasteiger partial charge in [-0.25, -0.2) is 9.98 Å². The van der Waals surface area contributed by atoms with E-state index in [-0.39, 0.29) is 30.0 Å². The highest BCUT2D eigenvalue weighted by Gasteiger charge is 2.05. The van der Waals surface area contributed by atoms with Crippen LogP contribution in [0.1, 0.15) is 19.5 Å². The number of rotatable bonds is 7. The summed E-state index contributed by atoms with van der Waals surface area (Å²) in [7, 11) is 5.65. The molecule has 1 rings (SSSR count). The molecule has 0 bridgehead atoms. The van der Waals surface area contributed by atoms with Crippen molar-refractivity contribution in [2.24, 2.45) is 4.99 Å². The molecule has 1 aromatic rings. The molecule has 0 radical (unpaired) electrons. The standard InChI is InChI=1S/C15H27N5O.HI/c1-6-16-15(18-12(2)11-21-5)17-10-13-8-7-9-14(19-13)20(3)4;/h7-9,12H,6,10-11H2,1-5H3,(H2,16,17,18);1H. The second-order valence-electron chi connectivity index (χ2n) is 5.08. The van der Waals surface area contributed by atoms with E-state index in [9.17, 15) is 0 Å². The van der Waals surface area contributed by atoms with Crippen molar-refractivity contribution in [2.45, 2.75) is 26.4 Å². The summed E-state index contributed by atoms with van der Waals surface area (Å²) in [4.78, 5) is 11.1. The molecular weight excluding hydrogens is 393 g/mol. The number of hydrogen-bond acceptors (Lipinski definition) is 4.